The van der Waals surface area contributed by atoms with E-state index in [0.29, 0.717) is 4.91 Å². The first-order valence-electron chi connectivity index (χ1n) is 10.7. The summed E-state index contributed by atoms with van der Waals surface area (Å²) in [5, 5.41) is 8.81. The Hall–Kier alpha value is -3.71. The molecule has 0 aliphatic carbocycles. The number of methoxy groups -OCH3 is 1. The Morgan fingerprint density at radius 3 is 2.64 bits per heavy atom. The summed E-state index contributed by atoms with van der Waals surface area (Å²) in [6, 6.07) is 25.7. The van der Waals surface area contributed by atoms with Crippen molar-refractivity contribution in [1.29, 1.82) is 0 Å². The predicted molar refractivity (Wildman–Crippen MR) is 129 cm³/mol. The van der Waals surface area contributed by atoms with E-state index >= 15 is 0 Å². The van der Waals surface area contributed by atoms with Crippen LogP contribution in [-0.4, -0.2) is 28.9 Å². The molecule has 0 aromatic heterocycles. The van der Waals surface area contributed by atoms with E-state index < -0.39 is 5.18 Å². The largest absolute Gasteiger partial charge is 0.497 e. The van der Waals surface area contributed by atoms with Gasteiger partial charge in [-0.3, -0.25) is 10.1 Å². The number of para-hydroxylation sites is 1. The number of ether oxygens (including phenoxy) is 2. The Morgan fingerprint density at radius 2 is 1.85 bits per heavy atom. The molecular weight excluding hydrogens is 434 g/mol. The first-order chi connectivity index (χ1) is 16.1. The zero-order chi connectivity index (χ0) is 22.4. The van der Waals surface area contributed by atoms with Gasteiger partial charge in [-0.05, 0) is 47.2 Å². The molecule has 6 rings (SSSR count). The summed E-state index contributed by atoms with van der Waals surface area (Å²) < 4.78 is 11.7. The lowest BCUT2D eigenvalue weighted by Crippen LogP contribution is -2.58. The van der Waals surface area contributed by atoms with Gasteiger partial charge in [0.15, 0.2) is 0 Å². The van der Waals surface area contributed by atoms with Crippen molar-refractivity contribution in [3.8, 4) is 11.5 Å². The average molecular weight is 456 g/mol. The molecule has 7 heteroatoms. The van der Waals surface area contributed by atoms with Crippen molar-refractivity contribution >= 4 is 29.5 Å². The topological polar surface area (TPSA) is 63.2 Å². The van der Waals surface area contributed by atoms with E-state index in [1.807, 2.05) is 71.7 Å². The van der Waals surface area contributed by atoms with Gasteiger partial charge in [-0.1, -0.05) is 60.7 Å². The molecule has 1 N–H and O–H groups in total. The minimum Gasteiger partial charge on any atom is -0.497 e. The molecule has 3 aliphatic rings. The van der Waals surface area contributed by atoms with Gasteiger partial charge < -0.3 is 9.47 Å². The van der Waals surface area contributed by atoms with Gasteiger partial charge in [0.25, 0.3) is 5.91 Å². The third-order valence-electron chi connectivity index (χ3n) is 6.00. The number of carbonyl (C=O) groups is 1. The molecule has 3 aromatic rings. The Balaban J connectivity index is 1.40. The minimum atomic E-state index is -1.13. The number of thioether (sulfide) groups is 1. The molecule has 6 nitrogen and oxygen atoms in total. The fraction of sp³-hybridized carbons (Fsp3) is 0.154. The smallest absolute Gasteiger partial charge is 0.336 e. The summed E-state index contributed by atoms with van der Waals surface area (Å²) in [6.45, 7) is 0. The highest BCUT2D eigenvalue weighted by Crippen LogP contribution is 2.53. The first-order valence-corrected chi connectivity index (χ1v) is 11.5. The second kappa shape index (κ2) is 7.71. The molecule has 3 aromatic carbocycles. The fourth-order valence-corrected chi connectivity index (χ4v) is 5.57. The summed E-state index contributed by atoms with van der Waals surface area (Å²) in [6.07, 6.45) is 2.60. The average Bonchev–Trinajstić information content (AvgIpc) is 3.43. The number of fused-ring (bicyclic) bond motifs is 4. The number of hydrogen-bond donors (Lipinski definition) is 1. The zero-order valence-corrected chi connectivity index (χ0v) is 18.7. The van der Waals surface area contributed by atoms with Gasteiger partial charge in [0.05, 0.1) is 23.8 Å². The van der Waals surface area contributed by atoms with E-state index in [1.54, 1.807) is 7.11 Å². The monoisotopic (exact) mass is 455 g/mol. The number of nitrogens with zero attached hydrogens (tertiary/aromatic N) is 2. The van der Waals surface area contributed by atoms with Crippen LogP contribution in [0, 0.1) is 0 Å². The number of hydrazone groups is 1. The van der Waals surface area contributed by atoms with Crippen LogP contribution in [0.1, 0.15) is 29.2 Å². The van der Waals surface area contributed by atoms with Crippen molar-refractivity contribution in [2.45, 2.75) is 17.6 Å². The molecule has 33 heavy (non-hydrogen) atoms. The van der Waals surface area contributed by atoms with Crippen molar-refractivity contribution in [1.82, 2.24) is 10.3 Å². The molecule has 0 radical (unpaired) electrons. The third kappa shape index (κ3) is 3.36. The van der Waals surface area contributed by atoms with Crippen LogP contribution in [0.2, 0.25) is 0 Å². The standard InChI is InChI=1S/C26H21N3O3S/c1-31-19-13-11-17(12-14-19)15-24-25(30)27-26(33-24)29-22(20-9-5-6-10-23(20)32-26)16-21(28-29)18-7-3-2-4-8-18/h2-15,22H,16H2,1H3,(H,27,30)/b24-15-. The molecule has 1 spiro atoms. The van der Waals surface area contributed by atoms with Gasteiger partial charge in [-0.15, -0.1) is 0 Å². The van der Waals surface area contributed by atoms with Crippen LogP contribution < -0.4 is 14.8 Å². The maximum atomic E-state index is 13.0. The summed E-state index contributed by atoms with van der Waals surface area (Å²) >= 11 is 1.35. The molecule has 0 bridgehead atoms. The van der Waals surface area contributed by atoms with Gasteiger partial charge in [-0.25, -0.2) is 5.01 Å². The van der Waals surface area contributed by atoms with Crippen molar-refractivity contribution < 1.29 is 14.3 Å². The Morgan fingerprint density at radius 1 is 1.09 bits per heavy atom. The van der Waals surface area contributed by atoms with E-state index in [-0.39, 0.29) is 11.9 Å². The van der Waals surface area contributed by atoms with Crippen LogP contribution in [0.3, 0.4) is 0 Å². The minimum absolute atomic E-state index is 0.0294. The highest BCUT2D eigenvalue weighted by Gasteiger charge is 2.57. The second-order valence-corrected chi connectivity index (χ2v) is 9.23. The van der Waals surface area contributed by atoms with Gasteiger partial charge in [0.1, 0.15) is 11.5 Å². The molecule has 1 fully saturated rings. The lowest BCUT2D eigenvalue weighted by atomic mass is 9.97. The SMILES string of the molecule is COc1ccc(/C=C2\SC3(NC2=O)Oc2ccccc2C2CC(c4ccccc4)=NN23)cc1. The molecule has 2 unspecified atom stereocenters. The summed E-state index contributed by atoms with van der Waals surface area (Å²) in [5.74, 6) is 1.35. The number of rotatable bonds is 3. The van der Waals surface area contributed by atoms with Crippen LogP contribution in [0.25, 0.3) is 6.08 Å². The Kier molecular flexibility index (Phi) is 4.66. The molecule has 164 valence electrons. The first kappa shape index (κ1) is 19.9. The van der Waals surface area contributed by atoms with Crippen molar-refractivity contribution in [3.63, 3.8) is 0 Å². The Bertz CT molecular complexity index is 1290. The molecular formula is C26H21N3O3S. The number of nitrogens with one attached hydrogen (secondary N) is 1. The highest BCUT2D eigenvalue weighted by atomic mass is 32.2. The lowest BCUT2D eigenvalue weighted by molar-refractivity contribution is -0.127. The van der Waals surface area contributed by atoms with Crippen LogP contribution in [0.5, 0.6) is 11.5 Å². The number of amides is 1. The highest BCUT2D eigenvalue weighted by molar-refractivity contribution is 8.05. The van der Waals surface area contributed by atoms with Crippen LogP contribution in [-0.2, 0) is 4.79 Å². The van der Waals surface area contributed by atoms with Crippen molar-refractivity contribution in [3.05, 3.63) is 100 Å². The van der Waals surface area contributed by atoms with Crippen molar-refractivity contribution in [2.24, 2.45) is 5.10 Å². The normalized spacial score (nSPS) is 24.2. The summed E-state index contributed by atoms with van der Waals surface area (Å²) in [7, 11) is 1.63. The Labute approximate surface area is 195 Å². The maximum Gasteiger partial charge on any atom is 0.336 e. The van der Waals surface area contributed by atoms with Crippen LogP contribution in [0.4, 0.5) is 0 Å². The summed E-state index contributed by atoms with van der Waals surface area (Å²) in [5.41, 5.74) is 4.03. The fourth-order valence-electron chi connectivity index (χ4n) is 4.40. The number of hydrogen-bond acceptors (Lipinski definition) is 6. The molecule has 3 heterocycles. The van der Waals surface area contributed by atoms with E-state index in [4.69, 9.17) is 14.6 Å². The summed E-state index contributed by atoms with van der Waals surface area (Å²) in [4.78, 5) is 13.6. The van der Waals surface area contributed by atoms with E-state index in [1.165, 1.54) is 11.8 Å². The molecule has 1 saturated heterocycles. The van der Waals surface area contributed by atoms with E-state index in [9.17, 15) is 4.79 Å². The predicted octanol–water partition coefficient (Wildman–Crippen LogP) is 4.75. The van der Waals surface area contributed by atoms with Gasteiger partial charge >= 0.3 is 5.18 Å². The molecule has 2 atom stereocenters. The molecule has 1 amide bonds. The quantitative estimate of drug-likeness (QED) is 0.578. The zero-order valence-electron chi connectivity index (χ0n) is 17.9. The second-order valence-electron chi connectivity index (χ2n) is 8.04. The number of carbonyl (C=O) groups excluding carboxylic acids is 1. The van der Waals surface area contributed by atoms with Gasteiger partial charge in [-0.2, -0.15) is 5.10 Å². The lowest BCUT2D eigenvalue weighted by Gasteiger charge is -2.43. The maximum absolute atomic E-state index is 13.0. The third-order valence-corrected chi connectivity index (χ3v) is 7.17. The van der Waals surface area contributed by atoms with Crippen LogP contribution in [0.15, 0.2) is 88.9 Å². The van der Waals surface area contributed by atoms with Gasteiger partial charge in [0.2, 0.25) is 0 Å². The van der Waals surface area contributed by atoms with Crippen LogP contribution >= 0.6 is 11.8 Å². The van der Waals surface area contributed by atoms with E-state index in [2.05, 4.69) is 23.5 Å². The van der Waals surface area contributed by atoms with E-state index in [0.717, 1.165) is 40.3 Å². The van der Waals surface area contributed by atoms with Gasteiger partial charge in [0, 0.05) is 12.0 Å². The van der Waals surface area contributed by atoms with Crippen molar-refractivity contribution in [2.75, 3.05) is 7.11 Å². The number of benzene rings is 3. The molecule has 3 aliphatic heterocycles. The molecule has 0 saturated carbocycles.